The number of halogens is 3. The largest absolute Gasteiger partial charge is 0.480 e. The molecule has 2 aliphatic rings. The molecule has 0 bridgehead atoms. The van der Waals surface area contributed by atoms with E-state index in [2.05, 4.69) is 10.8 Å². The van der Waals surface area contributed by atoms with E-state index in [9.17, 15) is 14.7 Å². The number of hydrogen-bond donors (Lipinski definition) is 1. The van der Waals surface area contributed by atoms with Crippen LogP contribution in [0, 0.1) is 18.2 Å². The highest BCUT2D eigenvalue weighted by Crippen LogP contribution is 2.63. The van der Waals surface area contributed by atoms with Crippen LogP contribution >= 0.6 is 23.2 Å². The Morgan fingerprint density at radius 3 is 2.50 bits per heavy atom. The van der Waals surface area contributed by atoms with Gasteiger partial charge in [0, 0.05) is 42.2 Å². The molecule has 2 aromatic carbocycles. The second kappa shape index (κ2) is 13.8. The summed E-state index contributed by atoms with van der Waals surface area (Å²) in [5.41, 5.74) is -0.623. The highest BCUT2D eigenvalue weighted by Gasteiger charge is 2.70. The number of likely N-dealkylation sites (tertiary alicyclic amines) is 1. The molecule has 2 aromatic rings. The summed E-state index contributed by atoms with van der Waals surface area (Å²) in [4.78, 5) is 30.9. The molecule has 1 saturated heterocycles. The van der Waals surface area contributed by atoms with Crippen LogP contribution in [-0.2, 0) is 15.0 Å². The van der Waals surface area contributed by atoms with E-state index < -0.39 is 34.7 Å². The van der Waals surface area contributed by atoms with Crippen molar-refractivity contribution in [3.8, 4) is 12.3 Å². The number of carbonyl (C=O) groups is 2. The number of nitrogens with zero attached hydrogens (tertiary/aromatic N) is 2. The fourth-order valence-electron chi connectivity index (χ4n) is 7.77. The molecule has 2 fully saturated rings. The normalized spacial score (nSPS) is 23.5. The number of carbonyl (C=O) groups excluding carboxylic acids is 1. The maximum Gasteiger partial charge on any atom is 0.321 e. The van der Waals surface area contributed by atoms with Crippen molar-refractivity contribution in [2.24, 2.45) is 0 Å². The Hall–Kier alpha value is -2.59. The van der Waals surface area contributed by atoms with Crippen LogP contribution in [0.5, 0.6) is 0 Å². The maximum atomic E-state index is 15.9. The standard InChI is InChI=1S/C34H41Cl2FN2O3/c1-4-5-6-7-8-9-13-21-38(2)28-22-24(35)17-18-26(28)34(23-40)29(25-15-14-16-27(36)30(25)37)31(32(41)42)39(3)33(34)19-11-10-12-20-33/h1,14-18,22-23,29,31H,5-13,19-21H2,2-3H3,(H,41,42)/t29-,31+,34?/m0/s1. The van der Waals surface area contributed by atoms with E-state index in [-0.39, 0.29) is 10.6 Å². The molecule has 1 spiro atoms. The Balaban J connectivity index is 1.88. The van der Waals surface area contributed by atoms with Gasteiger partial charge in [0.15, 0.2) is 0 Å². The number of anilines is 1. The Morgan fingerprint density at radius 2 is 1.83 bits per heavy atom. The zero-order valence-corrected chi connectivity index (χ0v) is 26.1. The van der Waals surface area contributed by atoms with Crippen LogP contribution in [0.3, 0.4) is 0 Å². The fourth-order valence-corrected chi connectivity index (χ4v) is 8.12. The average Bonchev–Trinajstić information content (AvgIpc) is 3.18. The lowest BCUT2D eigenvalue weighted by molar-refractivity contribution is -0.143. The van der Waals surface area contributed by atoms with Crippen molar-refractivity contribution < 1.29 is 19.1 Å². The number of carboxylic acid groups (broad SMARTS) is 1. The lowest BCUT2D eigenvalue weighted by Crippen LogP contribution is -2.59. The van der Waals surface area contributed by atoms with E-state index in [0.717, 1.165) is 76.3 Å². The highest BCUT2D eigenvalue weighted by atomic mass is 35.5. The van der Waals surface area contributed by atoms with E-state index in [1.807, 2.05) is 24.1 Å². The molecular weight excluding hydrogens is 574 g/mol. The monoisotopic (exact) mass is 614 g/mol. The van der Waals surface area contributed by atoms with Gasteiger partial charge in [-0.2, -0.15) is 0 Å². The molecule has 226 valence electrons. The Bertz CT molecular complexity index is 1320. The molecule has 42 heavy (non-hydrogen) atoms. The number of unbranched alkanes of at least 4 members (excludes halogenated alkanes) is 5. The molecule has 3 atom stereocenters. The van der Waals surface area contributed by atoms with Crippen LogP contribution in [0.25, 0.3) is 0 Å². The molecule has 1 heterocycles. The molecule has 0 amide bonds. The predicted molar refractivity (Wildman–Crippen MR) is 168 cm³/mol. The predicted octanol–water partition coefficient (Wildman–Crippen LogP) is 7.86. The quantitative estimate of drug-likeness (QED) is 0.150. The third kappa shape index (κ3) is 5.68. The number of likely N-dealkylation sites (N-methyl/N-ethyl adjacent to an activating group) is 1. The van der Waals surface area contributed by atoms with Gasteiger partial charge < -0.3 is 14.8 Å². The molecule has 4 rings (SSSR count). The van der Waals surface area contributed by atoms with Gasteiger partial charge in [0.25, 0.3) is 0 Å². The average molecular weight is 616 g/mol. The zero-order chi connectivity index (χ0) is 30.5. The first-order valence-electron chi connectivity index (χ1n) is 15.0. The van der Waals surface area contributed by atoms with Crippen LogP contribution in [0.2, 0.25) is 10.0 Å². The summed E-state index contributed by atoms with van der Waals surface area (Å²) in [6.07, 6.45) is 16.1. The van der Waals surface area contributed by atoms with Crippen molar-refractivity contribution >= 4 is 41.1 Å². The SMILES string of the molecule is C#CCCCCCCCN(C)c1cc(Cl)ccc1C1(C=O)[C@@H](c2cccc(Cl)c2F)[C@H](C(=O)O)N(C)C12CCCCC2. The van der Waals surface area contributed by atoms with Crippen molar-refractivity contribution in [3.05, 3.63) is 63.4 Å². The van der Waals surface area contributed by atoms with Crippen LogP contribution in [-0.4, -0.2) is 54.5 Å². The van der Waals surface area contributed by atoms with Crippen LogP contribution in [0.1, 0.15) is 87.7 Å². The summed E-state index contributed by atoms with van der Waals surface area (Å²) in [5.74, 6) is -0.107. The highest BCUT2D eigenvalue weighted by molar-refractivity contribution is 6.31. The molecule has 1 unspecified atom stereocenters. The van der Waals surface area contributed by atoms with Gasteiger partial charge in [0.05, 0.1) is 10.4 Å². The van der Waals surface area contributed by atoms with Crippen molar-refractivity contribution in [3.63, 3.8) is 0 Å². The second-order valence-electron chi connectivity index (χ2n) is 11.9. The minimum atomic E-state index is -1.37. The number of benzene rings is 2. The van der Waals surface area contributed by atoms with Gasteiger partial charge in [-0.25, -0.2) is 4.39 Å². The van der Waals surface area contributed by atoms with Crippen molar-refractivity contribution in [1.82, 2.24) is 4.90 Å². The fraction of sp³-hybridized carbons (Fsp3) is 0.529. The molecule has 1 aliphatic carbocycles. The molecule has 0 radical (unpaired) electrons. The van der Waals surface area contributed by atoms with Gasteiger partial charge in [0.1, 0.15) is 18.1 Å². The number of terminal acetylenes is 1. The number of aliphatic carboxylic acids is 1. The van der Waals surface area contributed by atoms with Gasteiger partial charge in [0.2, 0.25) is 0 Å². The summed E-state index contributed by atoms with van der Waals surface area (Å²) in [5, 5.41) is 11.1. The molecule has 1 N–H and O–H groups in total. The number of hydrogen-bond acceptors (Lipinski definition) is 4. The van der Waals surface area contributed by atoms with Gasteiger partial charge in [-0.05, 0) is 62.1 Å². The summed E-state index contributed by atoms with van der Waals surface area (Å²) in [6, 6.07) is 8.97. The van der Waals surface area contributed by atoms with Crippen molar-refractivity contribution in [2.45, 2.75) is 93.5 Å². The lowest BCUT2D eigenvalue weighted by Gasteiger charge is -2.51. The summed E-state index contributed by atoms with van der Waals surface area (Å²) in [6.45, 7) is 0.721. The summed E-state index contributed by atoms with van der Waals surface area (Å²) in [7, 11) is 3.76. The van der Waals surface area contributed by atoms with Crippen LogP contribution < -0.4 is 4.90 Å². The van der Waals surface area contributed by atoms with E-state index in [0.29, 0.717) is 23.4 Å². The molecular formula is C34H41Cl2FN2O3. The van der Waals surface area contributed by atoms with Gasteiger partial charge in [-0.3, -0.25) is 9.69 Å². The number of carboxylic acids is 1. The minimum absolute atomic E-state index is 0.0978. The Morgan fingerprint density at radius 1 is 1.14 bits per heavy atom. The number of rotatable bonds is 12. The van der Waals surface area contributed by atoms with Crippen molar-refractivity contribution in [2.75, 3.05) is 25.5 Å². The second-order valence-corrected chi connectivity index (χ2v) is 12.7. The third-order valence-electron chi connectivity index (χ3n) is 9.74. The van der Waals surface area contributed by atoms with Crippen LogP contribution in [0.4, 0.5) is 10.1 Å². The topological polar surface area (TPSA) is 60.9 Å². The smallest absolute Gasteiger partial charge is 0.321 e. The Kier molecular flexibility index (Phi) is 10.6. The molecule has 1 saturated carbocycles. The first-order valence-corrected chi connectivity index (χ1v) is 15.7. The lowest BCUT2D eigenvalue weighted by atomic mass is 9.55. The third-order valence-corrected chi connectivity index (χ3v) is 10.3. The van der Waals surface area contributed by atoms with E-state index in [1.54, 1.807) is 25.2 Å². The van der Waals surface area contributed by atoms with E-state index >= 15 is 4.39 Å². The van der Waals surface area contributed by atoms with Gasteiger partial charge >= 0.3 is 5.97 Å². The minimum Gasteiger partial charge on any atom is -0.480 e. The Labute approximate surface area is 259 Å². The molecule has 1 aliphatic heterocycles. The molecule has 5 nitrogen and oxygen atoms in total. The summed E-state index contributed by atoms with van der Waals surface area (Å²) >= 11 is 12.8. The van der Waals surface area contributed by atoms with E-state index in [1.165, 1.54) is 6.07 Å². The van der Waals surface area contributed by atoms with Crippen molar-refractivity contribution in [1.29, 1.82) is 0 Å². The van der Waals surface area contributed by atoms with Gasteiger partial charge in [-0.1, -0.05) is 79.9 Å². The van der Waals surface area contributed by atoms with E-state index in [4.69, 9.17) is 29.6 Å². The zero-order valence-electron chi connectivity index (χ0n) is 24.6. The first-order chi connectivity index (χ1) is 20.2. The molecule has 0 aromatic heterocycles. The number of aldehydes is 1. The summed E-state index contributed by atoms with van der Waals surface area (Å²) < 4.78 is 15.9. The maximum absolute atomic E-state index is 15.9. The van der Waals surface area contributed by atoms with Gasteiger partial charge in [-0.15, -0.1) is 12.3 Å². The first kappa shape index (κ1) is 32.3. The molecule has 8 heteroatoms. The van der Waals surface area contributed by atoms with Crippen LogP contribution in [0.15, 0.2) is 36.4 Å².